The van der Waals surface area contributed by atoms with Gasteiger partial charge >= 0.3 is 0 Å². The van der Waals surface area contributed by atoms with Crippen LogP contribution in [0.2, 0.25) is 0 Å². The first-order valence-electron chi connectivity index (χ1n) is 8.39. The molecule has 4 heteroatoms. The van der Waals surface area contributed by atoms with Crippen LogP contribution in [-0.2, 0) is 4.79 Å². The van der Waals surface area contributed by atoms with Gasteiger partial charge in [-0.1, -0.05) is 62.0 Å². The molecule has 1 fully saturated rings. The molecule has 1 rings (SSSR count). The van der Waals surface area contributed by atoms with E-state index in [0.29, 0.717) is 6.04 Å². The van der Waals surface area contributed by atoms with E-state index in [0.717, 1.165) is 13.0 Å². The van der Waals surface area contributed by atoms with Gasteiger partial charge in [0.2, 0.25) is 0 Å². The molecule has 0 amide bonds. The van der Waals surface area contributed by atoms with E-state index >= 15 is 0 Å². The Morgan fingerprint density at radius 1 is 1.26 bits per heavy atom. The van der Waals surface area contributed by atoms with Crippen LogP contribution in [0.1, 0.15) is 82.1 Å². The highest BCUT2D eigenvalue weighted by molar-refractivity contribution is 5.32. The predicted molar refractivity (Wildman–Crippen MR) is 105 cm³/mol. The van der Waals surface area contributed by atoms with Gasteiger partial charge in [0, 0.05) is 6.04 Å². The van der Waals surface area contributed by atoms with Crippen molar-refractivity contribution in [3.05, 3.63) is 12.7 Å². The van der Waals surface area contributed by atoms with E-state index in [-0.39, 0.29) is 25.4 Å². The zero-order valence-electron chi connectivity index (χ0n) is 16.1. The molecular weight excluding hydrogens is 290 g/mol. The zero-order valence-corrected chi connectivity index (χ0v) is 16.1. The highest BCUT2D eigenvalue weighted by Gasteiger charge is 2.26. The molecule has 1 aliphatic heterocycles. The molecule has 0 radical (unpaired) electrons. The molecule has 2 atom stereocenters. The first-order valence-corrected chi connectivity index (χ1v) is 8.39. The number of carboxylic acid groups (broad SMARTS) is 1. The predicted octanol–water partition coefficient (Wildman–Crippen LogP) is 5.12. The molecule has 2 unspecified atom stereocenters. The summed E-state index contributed by atoms with van der Waals surface area (Å²) in [4.78, 5) is 8.36. The van der Waals surface area contributed by atoms with E-state index in [1.54, 1.807) is 6.08 Å². The van der Waals surface area contributed by atoms with Crippen molar-refractivity contribution >= 4 is 6.47 Å². The molecule has 0 bridgehead atoms. The molecule has 1 heterocycles. The number of hydrogen-bond acceptors (Lipinski definition) is 3. The van der Waals surface area contributed by atoms with Gasteiger partial charge in [0.1, 0.15) is 0 Å². The van der Waals surface area contributed by atoms with Crippen LogP contribution in [0.5, 0.6) is 0 Å². The van der Waals surface area contributed by atoms with Gasteiger partial charge in [0.25, 0.3) is 6.47 Å². The van der Waals surface area contributed by atoms with Crippen LogP contribution in [0.25, 0.3) is 0 Å². The Bertz CT molecular complexity index is 201. The van der Waals surface area contributed by atoms with Crippen LogP contribution in [0.15, 0.2) is 12.7 Å². The normalized spacial score (nSPS) is 16.0. The lowest BCUT2D eigenvalue weighted by molar-refractivity contribution is -0.122. The summed E-state index contributed by atoms with van der Waals surface area (Å²) < 4.78 is 0. The number of nitrogens with one attached hydrogen (secondary N) is 1. The first kappa shape index (κ1) is 33.7. The number of rotatable bonds is 2. The fourth-order valence-corrected chi connectivity index (χ4v) is 1.58. The minimum atomic E-state index is -0.250. The van der Waals surface area contributed by atoms with Gasteiger partial charge in [0.15, 0.2) is 0 Å². The Morgan fingerprint density at radius 2 is 1.61 bits per heavy atom. The van der Waals surface area contributed by atoms with E-state index in [1.807, 2.05) is 34.6 Å². The van der Waals surface area contributed by atoms with E-state index in [9.17, 15) is 5.11 Å². The molecule has 1 saturated heterocycles. The van der Waals surface area contributed by atoms with Gasteiger partial charge in [0.05, 0.1) is 6.10 Å². The first-order chi connectivity index (χ1) is 10.3. The van der Waals surface area contributed by atoms with Crippen molar-refractivity contribution in [1.82, 2.24) is 5.32 Å². The SMILES string of the molecule is C.C=CC.CC.CC.CC(C)(C)C(O)CC1CCCN1.O=CO. The van der Waals surface area contributed by atoms with Crippen LogP contribution < -0.4 is 5.32 Å². The lowest BCUT2D eigenvalue weighted by atomic mass is 9.85. The molecule has 3 N–H and O–H groups in total. The molecule has 144 valence electrons. The molecular formula is C19H45NO3. The number of allylic oxidation sites excluding steroid dienone is 1. The van der Waals surface area contributed by atoms with E-state index in [4.69, 9.17) is 9.90 Å². The highest BCUT2D eigenvalue weighted by Crippen LogP contribution is 2.24. The minimum absolute atomic E-state index is 0. The second-order valence-corrected chi connectivity index (χ2v) is 5.42. The Kier molecular flexibility index (Phi) is 38.1. The van der Waals surface area contributed by atoms with Gasteiger partial charge in [-0.2, -0.15) is 0 Å². The summed E-state index contributed by atoms with van der Waals surface area (Å²) in [5.41, 5.74) is 0.0320. The van der Waals surface area contributed by atoms with Crippen molar-refractivity contribution in [1.29, 1.82) is 0 Å². The monoisotopic (exact) mass is 335 g/mol. The van der Waals surface area contributed by atoms with E-state index in [2.05, 4.69) is 32.7 Å². The minimum Gasteiger partial charge on any atom is -0.483 e. The van der Waals surface area contributed by atoms with Crippen molar-refractivity contribution in [3.63, 3.8) is 0 Å². The van der Waals surface area contributed by atoms with Gasteiger partial charge in [-0.15, -0.1) is 6.58 Å². The average molecular weight is 336 g/mol. The molecule has 1 aliphatic rings. The van der Waals surface area contributed by atoms with E-state index < -0.39 is 0 Å². The van der Waals surface area contributed by atoms with Crippen LogP contribution in [-0.4, -0.2) is 35.4 Å². The quantitative estimate of drug-likeness (QED) is 0.484. The Labute approximate surface area is 146 Å². The van der Waals surface area contributed by atoms with E-state index in [1.165, 1.54) is 12.8 Å². The second kappa shape index (κ2) is 26.0. The molecule has 0 aromatic heterocycles. The largest absolute Gasteiger partial charge is 0.483 e. The third-order valence-electron chi connectivity index (χ3n) is 2.67. The third kappa shape index (κ3) is 29.7. The van der Waals surface area contributed by atoms with Gasteiger partial charge in [-0.05, 0) is 38.1 Å². The van der Waals surface area contributed by atoms with Gasteiger partial charge < -0.3 is 15.5 Å². The third-order valence-corrected chi connectivity index (χ3v) is 2.67. The number of aliphatic hydroxyl groups is 1. The summed E-state index contributed by atoms with van der Waals surface area (Å²) in [7, 11) is 0. The van der Waals surface area contributed by atoms with Crippen molar-refractivity contribution in [2.24, 2.45) is 5.41 Å². The molecule has 0 aromatic carbocycles. The summed E-state index contributed by atoms with van der Waals surface area (Å²) in [6.07, 6.45) is 4.98. The Hall–Kier alpha value is -0.870. The van der Waals surface area contributed by atoms with Crippen molar-refractivity contribution in [2.75, 3.05) is 6.54 Å². The Morgan fingerprint density at radius 3 is 1.83 bits per heavy atom. The second-order valence-electron chi connectivity index (χ2n) is 5.42. The average Bonchev–Trinajstić information content (AvgIpc) is 2.97. The maximum Gasteiger partial charge on any atom is 0.290 e. The maximum atomic E-state index is 9.81. The fraction of sp³-hybridized carbons (Fsp3) is 0.842. The standard InChI is InChI=1S/C10H21NO.C3H6.2C2H6.CH2O2.CH4/c1-10(2,3)9(12)7-8-5-4-6-11-8;1-3-2;2*1-2;2-1-3;/h8-9,11-12H,4-7H2,1-3H3;3H,1H2,2H3;2*1-2H3;1H,(H,2,3);1H4. The molecule has 0 aromatic rings. The van der Waals surface area contributed by atoms with Gasteiger partial charge in [-0.3, -0.25) is 4.79 Å². The smallest absolute Gasteiger partial charge is 0.290 e. The lowest BCUT2D eigenvalue weighted by Crippen LogP contribution is -2.34. The number of hydrogen-bond donors (Lipinski definition) is 3. The summed E-state index contributed by atoms with van der Waals surface area (Å²) in [5.74, 6) is 0. The van der Waals surface area contributed by atoms with Crippen molar-refractivity contribution < 1.29 is 15.0 Å². The molecule has 0 saturated carbocycles. The van der Waals surface area contributed by atoms with Gasteiger partial charge in [-0.25, -0.2) is 0 Å². The summed E-state index contributed by atoms with van der Waals surface area (Å²) in [6.45, 7) is 20.4. The fourth-order valence-electron chi connectivity index (χ4n) is 1.58. The van der Waals surface area contributed by atoms with Crippen LogP contribution in [0.4, 0.5) is 0 Å². The number of aliphatic hydroxyl groups excluding tert-OH is 1. The highest BCUT2D eigenvalue weighted by atomic mass is 16.3. The molecule has 4 nitrogen and oxygen atoms in total. The van der Waals surface area contributed by atoms with Crippen LogP contribution in [0.3, 0.4) is 0 Å². The number of carbonyl (C=O) groups is 1. The summed E-state index contributed by atoms with van der Waals surface area (Å²) >= 11 is 0. The summed E-state index contributed by atoms with van der Waals surface area (Å²) in [5, 5.41) is 20.1. The summed E-state index contributed by atoms with van der Waals surface area (Å²) in [6, 6.07) is 0.555. The topological polar surface area (TPSA) is 69.6 Å². The molecule has 0 aliphatic carbocycles. The van der Waals surface area contributed by atoms with Crippen molar-refractivity contribution in [3.8, 4) is 0 Å². The van der Waals surface area contributed by atoms with Crippen molar-refractivity contribution in [2.45, 2.75) is 94.2 Å². The maximum absolute atomic E-state index is 9.81. The van der Waals surface area contributed by atoms with Crippen LogP contribution >= 0.6 is 0 Å². The molecule has 0 spiro atoms. The Balaban J connectivity index is -0.0000000832. The lowest BCUT2D eigenvalue weighted by Gasteiger charge is -2.28. The molecule has 23 heavy (non-hydrogen) atoms. The zero-order chi connectivity index (χ0) is 18.6. The van der Waals surface area contributed by atoms with Crippen LogP contribution in [0, 0.1) is 5.41 Å².